The van der Waals surface area contributed by atoms with Crippen LogP contribution in [0.15, 0.2) is 27.6 Å². The molecule has 0 saturated carbocycles. The molecule has 1 aromatic rings. The van der Waals surface area contributed by atoms with Crippen LogP contribution in [-0.2, 0) is 6.54 Å². The fourth-order valence-corrected chi connectivity index (χ4v) is 1.17. The molecule has 0 amide bonds. The zero-order chi connectivity index (χ0) is 9.14. The first-order chi connectivity index (χ1) is 5.59. The number of rotatable bonds is 2. The molecule has 0 N–H and O–H groups in total. The van der Waals surface area contributed by atoms with Crippen molar-refractivity contribution in [3.05, 3.63) is 33.2 Å². The van der Waals surface area contributed by atoms with Gasteiger partial charge in [-0.15, -0.1) is 0 Å². The summed E-state index contributed by atoms with van der Waals surface area (Å²) in [4.78, 5) is 10.9. The zero-order valence-corrected chi connectivity index (χ0v) is 7.59. The molecule has 5 heteroatoms. The highest BCUT2D eigenvalue weighted by Crippen LogP contribution is 2.06. The topological polar surface area (TPSA) is 22.0 Å². The third-order valence-corrected chi connectivity index (χ3v) is 1.75. The van der Waals surface area contributed by atoms with Crippen LogP contribution in [0.5, 0.6) is 0 Å². The molecule has 0 aliphatic heterocycles. The Morgan fingerprint density at radius 3 is 2.75 bits per heavy atom. The average molecular weight is 238 g/mol. The molecule has 0 aliphatic rings. The second-order valence-corrected chi connectivity index (χ2v) is 3.14. The molecular formula is C7H6BrF2NO. The van der Waals surface area contributed by atoms with Crippen molar-refractivity contribution in [2.45, 2.75) is 13.0 Å². The van der Waals surface area contributed by atoms with E-state index >= 15 is 0 Å². The van der Waals surface area contributed by atoms with Crippen LogP contribution in [-0.4, -0.2) is 11.0 Å². The van der Waals surface area contributed by atoms with E-state index in [1.54, 1.807) is 0 Å². The van der Waals surface area contributed by atoms with E-state index in [0.717, 1.165) is 4.57 Å². The summed E-state index contributed by atoms with van der Waals surface area (Å²) < 4.78 is 25.3. The number of halogens is 3. The normalized spacial score (nSPS) is 10.7. The molecule has 0 saturated heterocycles. The molecule has 0 spiro atoms. The first-order valence-corrected chi connectivity index (χ1v) is 4.03. The fourth-order valence-electron chi connectivity index (χ4n) is 0.794. The van der Waals surface area contributed by atoms with Crippen molar-refractivity contribution in [1.82, 2.24) is 4.57 Å². The standard InChI is InChI=1S/C7H6BrF2NO/c8-5-1-2-7(12)11(3-5)4-6(9)10/h1-3,6H,4H2. The maximum Gasteiger partial charge on any atom is 0.256 e. The van der Waals surface area contributed by atoms with Gasteiger partial charge in [-0.1, -0.05) is 0 Å². The minimum absolute atomic E-state index is 0.418. The van der Waals surface area contributed by atoms with E-state index in [2.05, 4.69) is 15.9 Å². The van der Waals surface area contributed by atoms with Gasteiger partial charge in [-0.05, 0) is 22.0 Å². The Morgan fingerprint density at radius 1 is 1.50 bits per heavy atom. The number of alkyl halides is 2. The van der Waals surface area contributed by atoms with Crippen LogP contribution in [0.4, 0.5) is 8.78 Å². The van der Waals surface area contributed by atoms with Crippen molar-refractivity contribution in [2.24, 2.45) is 0 Å². The summed E-state index contributed by atoms with van der Waals surface area (Å²) >= 11 is 3.08. The Morgan fingerprint density at radius 2 is 2.17 bits per heavy atom. The Hall–Kier alpha value is -0.710. The predicted octanol–water partition coefficient (Wildman–Crippen LogP) is 1.88. The lowest BCUT2D eigenvalue weighted by Gasteiger charge is -2.03. The summed E-state index contributed by atoms with van der Waals surface area (Å²) in [7, 11) is 0. The number of nitrogens with zero attached hydrogens (tertiary/aromatic N) is 1. The molecule has 0 unspecified atom stereocenters. The molecule has 1 heterocycles. The van der Waals surface area contributed by atoms with E-state index in [1.165, 1.54) is 18.3 Å². The van der Waals surface area contributed by atoms with Gasteiger partial charge in [0, 0.05) is 16.7 Å². The highest BCUT2D eigenvalue weighted by atomic mass is 79.9. The lowest BCUT2D eigenvalue weighted by atomic mass is 10.4. The van der Waals surface area contributed by atoms with Crippen LogP contribution in [0.3, 0.4) is 0 Å². The largest absolute Gasteiger partial charge is 0.309 e. The first kappa shape index (κ1) is 9.38. The minimum atomic E-state index is -2.50. The Balaban J connectivity index is 2.98. The van der Waals surface area contributed by atoms with Crippen molar-refractivity contribution in [2.75, 3.05) is 0 Å². The van der Waals surface area contributed by atoms with Crippen LogP contribution in [0.25, 0.3) is 0 Å². The fraction of sp³-hybridized carbons (Fsp3) is 0.286. The molecule has 2 nitrogen and oxygen atoms in total. The average Bonchev–Trinajstić information content (AvgIpc) is 1.96. The van der Waals surface area contributed by atoms with E-state index in [1.807, 2.05) is 0 Å². The van der Waals surface area contributed by atoms with Crippen LogP contribution in [0, 0.1) is 0 Å². The molecule has 0 aromatic carbocycles. The molecule has 0 aliphatic carbocycles. The summed E-state index contributed by atoms with van der Waals surface area (Å²) in [5.41, 5.74) is -0.418. The minimum Gasteiger partial charge on any atom is -0.309 e. The van der Waals surface area contributed by atoms with Gasteiger partial charge < -0.3 is 4.57 Å². The van der Waals surface area contributed by atoms with Crippen LogP contribution < -0.4 is 5.56 Å². The highest BCUT2D eigenvalue weighted by molar-refractivity contribution is 9.10. The number of hydrogen-bond donors (Lipinski definition) is 0. The molecule has 0 fully saturated rings. The van der Waals surface area contributed by atoms with Crippen LogP contribution >= 0.6 is 15.9 Å². The monoisotopic (exact) mass is 237 g/mol. The summed E-state index contributed by atoms with van der Waals surface area (Å²) in [5.74, 6) is 0. The van der Waals surface area contributed by atoms with Crippen LogP contribution in [0.2, 0.25) is 0 Å². The summed E-state index contributed by atoms with van der Waals surface area (Å²) in [6.07, 6.45) is -1.16. The second kappa shape index (κ2) is 3.80. The lowest BCUT2D eigenvalue weighted by molar-refractivity contribution is 0.125. The van der Waals surface area contributed by atoms with E-state index in [0.29, 0.717) is 4.47 Å². The summed E-state index contributed by atoms with van der Waals surface area (Å²) in [6, 6.07) is 2.76. The Bertz CT molecular complexity index is 323. The maximum absolute atomic E-state index is 11.9. The molecule has 0 atom stereocenters. The van der Waals surface area contributed by atoms with Crippen LogP contribution in [0.1, 0.15) is 0 Å². The van der Waals surface area contributed by atoms with Gasteiger partial charge in [0.15, 0.2) is 0 Å². The van der Waals surface area contributed by atoms with Gasteiger partial charge in [0.25, 0.3) is 12.0 Å². The van der Waals surface area contributed by atoms with Gasteiger partial charge >= 0.3 is 0 Å². The Kier molecular flexibility index (Phi) is 2.97. The molecule has 0 bridgehead atoms. The number of hydrogen-bond acceptors (Lipinski definition) is 1. The molecular weight excluding hydrogens is 232 g/mol. The van der Waals surface area contributed by atoms with Crippen molar-refractivity contribution >= 4 is 15.9 Å². The lowest BCUT2D eigenvalue weighted by Crippen LogP contribution is -2.21. The van der Waals surface area contributed by atoms with E-state index in [-0.39, 0.29) is 0 Å². The van der Waals surface area contributed by atoms with E-state index in [4.69, 9.17) is 0 Å². The number of aromatic nitrogens is 1. The van der Waals surface area contributed by atoms with Gasteiger partial charge in [0.2, 0.25) is 0 Å². The third-order valence-electron chi connectivity index (χ3n) is 1.28. The Labute approximate surface area is 76.0 Å². The summed E-state index contributed by atoms with van der Waals surface area (Å²) in [5, 5.41) is 0. The molecule has 1 rings (SSSR count). The van der Waals surface area contributed by atoms with Gasteiger partial charge in [-0.2, -0.15) is 0 Å². The highest BCUT2D eigenvalue weighted by Gasteiger charge is 2.04. The van der Waals surface area contributed by atoms with E-state index < -0.39 is 18.5 Å². The smallest absolute Gasteiger partial charge is 0.256 e. The van der Waals surface area contributed by atoms with Gasteiger partial charge in [-0.3, -0.25) is 4.79 Å². The van der Waals surface area contributed by atoms with E-state index in [9.17, 15) is 13.6 Å². The molecule has 0 radical (unpaired) electrons. The van der Waals surface area contributed by atoms with Crippen molar-refractivity contribution in [3.8, 4) is 0 Å². The predicted molar refractivity (Wildman–Crippen MR) is 44.4 cm³/mol. The molecule has 12 heavy (non-hydrogen) atoms. The first-order valence-electron chi connectivity index (χ1n) is 3.24. The zero-order valence-electron chi connectivity index (χ0n) is 6.01. The molecule has 1 aromatic heterocycles. The van der Waals surface area contributed by atoms with Crippen molar-refractivity contribution in [3.63, 3.8) is 0 Å². The number of pyridine rings is 1. The molecule has 66 valence electrons. The summed E-state index contributed by atoms with van der Waals surface area (Å²) in [6.45, 7) is -0.557. The van der Waals surface area contributed by atoms with Gasteiger partial charge in [0.1, 0.15) is 0 Å². The third kappa shape index (κ3) is 2.41. The second-order valence-electron chi connectivity index (χ2n) is 2.23. The van der Waals surface area contributed by atoms with Gasteiger partial charge in [0.05, 0.1) is 6.54 Å². The SMILES string of the molecule is O=c1ccc(Br)cn1CC(F)F. The van der Waals surface area contributed by atoms with Crippen molar-refractivity contribution in [1.29, 1.82) is 0 Å². The maximum atomic E-state index is 11.9. The quantitative estimate of drug-likeness (QED) is 0.770. The van der Waals surface area contributed by atoms with Crippen molar-refractivity contribution < 1.29 is 8.78 Å². The van der Waals surface area contributed by atoms with Gasteiger partial charge in [-0.25, -0.2) is 8.78 Å².